The van der Waals surface area contributed by atoms with Crippen molar-refractivity contribution in [3.8, 4) is 17.2 Å². The van der Waals surface area contributed by atoms with Gasteiger partial charge in [-0.3, -0.25) is 4.90 Å². The van der Waals surface area contributed by atoms with E-state index in [2.05, 4.69) is 52.3 Å². The number of benzene rings is 3. The Bertz CT molecular complexity index is 959. The summed E-state index contributed by atoms with van der Waals surface area (Å²) in [4.78, 5) is 4.66. The molecule has 4 nitrogen and oxygen atoms in total. The predicted octanol–water partition coefficient (Wildman–Crippen LogP) is 4.35. The highest BCUT2D eigenvalue weighted by Gasteiger charge is 2.26. The largest absolute Gasteiger partial charge is 0.387 e. The van der Waals surface area contributed by atoms with Gasteiger partial charge in [0.2, 0.25) is 0 Å². The number of para-hydroxylation sites is 1. The van der Waals surface area contributed by atoms with Crippen LogP contribution in [0.1, 0.15) is 11.7 Å². The second-order valence-corrected chi connectivity index (χ2v) is 7.79. The molecule has 3 aromatic rings. The van der Waals surface area contributed by atoms with Crippen molar-refractivity contribution in [1.29, 1.82) is 5.26 Å². The van der Waals surface area contributed by atoms with E-state index >= 15 is 0 Å². The van der Waals surface area contributed by atoms with E-state index in [1.807, 2.05) is 48.5 Å². The topological polar surface area (TPSA) is 50.5 Å². The third-order valence-electron chi connectivity index (χ3n) is 5.85. The van der Waals surface area contributed by atoms with Gasteiger partial charge in [-0.2, -0.15) is 5.26 Å². The number of nitriles is 1. The number of rotatable bonds is 6. The Morgan fingerprint density at radius 3 is 1.93 bits per heavy atom. The van der Waals surface area contributed by atoms with Crippen LogP contribution in [-0.4, -0.2) is 42.7 Å². The fourth-order valence-electron chi connectivity index (χ4n) is 4.05. The van der Waals surface area contributed by atoms with Crippen molar-refractivity contribution in [2.24, 2.45) is 5.92 Å². The molecule has 0 saturated carbocycles. The van der Waals surface area contributed by atoms with E-state index < -0.39 is 12.0 Å². The van der Waals surface area contributed by atoms with Crippen LogP contribution in [0.2, 0.25) is 0 Å². The molecule has 4 heteroatoms. The first-order chi connectivity index (χ1) is 14.7. The molecule has 1 N–H and O–H groups in total. The maximum atomic E-state index is 10.8. The molecule has 2 atom stereocenters. The summed E-state index contributed by atoms with van der Waals surface area (Å²) in [6, 6.07) is 30.8. The van der Waals surface area contributed by atoms with E-state index in [1.54, 1.807) is 0 Å². The van der Waals surface area contributed by atoms with Crippen molar-refractivity contribution < 1.29 is 5.11 Å². The molecular weight excluding hydrogens is 370 g/mol. The van der Waals surface area contributed by atoms with Crippen LogP contribution in [0.3, 0.4) is 0 Å². The lowest BCUT2D eigenvalue weighted by molar-refractivity contribution is 0.104. The van der Waals surface area contributed by atoms with Crippen molar-refractivity contribution in [2.45, 2.75) is 6.10 Å². The first-order valence-corrected chi connectivity index (χ1v) is 10.5. The second kappa shape index (κ2) is 9.58. The number of nitrogens with zero attached hydrogens (tertiary/aromatic N) is 3. The lowest BCUT2D eigenvalue weighted by Crippen LogP contribution is -2.48. The van der Waals surface area contributed by atoms with Crippen LogP contribution in [0.25, 0.3) is 11.1 Å². The molecule has 3 aromatic carbocycles. The first kappa shape index (κ1) is 20.2. The van der Waals surface area contributed by atoms with Crippen LogP contribution in [0.5, 0.6) is 0 Å². The molecule has 0 bridgehead atoms. The third-order valence-corrected chi connectivity index (χ3v) is 5.85. The van der Waals surface area contributed by atoms with Crippen LogP contribution in [0.15, 0.2) is 84.9 Å². The van der Waals surface area contributed by atoms with E-state index in [1.165, 1.54) is 5.69 Å². The molecule has 1 aliphatic rings. The molecule has 1 heterocycles. The minimum atomic E-state index is -0.785. The molecular formula is C26H27N3O. The smallest absolute Gasteiger partial charge is 0.0960 e. The van der Waals surface area contributed by atoms with E-state index in [9.17, 15) is 10.4 Å². The summed E-state index contributed by atoms with van der Waals surface area (Å²) in [6.07, 6.45) is -0.785. The van der Waals surface area contributed by atoms with Crippen LogP contribution >= 0.6 is 0 Å². The molecule has 1 fully saturated rings. The van der Waals surface area contributed by atoms with Crippen molar-refractivity contribution in [1.82, 2.24) is 4.90 Å². The Kier molecular flexibility index (Phi) is 6.44. The average Bonchev–Trinajstić information content (AvgIpc) is 2.84. The average molecular weight is 398 g/mol. The number of aliphatic hydroxyl groups excluding tert-OH is 1. The summed E-state index contributed by atoms with van der Waals surface area (Å²) in [6.45, 7) is 4.24. The normalized spacial score (nSPS) is 16.6. The van der Waals surface area contributed by atoms with Gasteiger partial charge in [-0.05, 0) is 28.8 Å². The Hall–Kier alpha value is -3.13. The molecule has 4 rings (SSSR count). The van der Waals surface area contributed by atoms with Crippen molar-refractivity contribution >= 4 is 5.69 Å². The van der Waals surface area contributed by atoms with E-state index in [0.29, 0.717) is 6.54 Å². The van der Waals surface area contributed by atoms with Gasteiger partial charge in [0.1, 0.15) is 0 Å². The summed E-state index contributed by atoms with van der Waals surface area (Å²) in [5.41, 5.74) is 4.29. The molecule has 0 amide bonds. The molecule has 30 heavy (non-hydrogen) atoms. The van der Waals surface area contributed by atoms with Crippen molar-refractivity contribution in [3.63, 3.8) is 0 Å². The highest BCUT2D eigenvalue weighted by atomic mass is 16.3. The van der Waals surface area contributed by atoms with Gasteiger partial charge in [0.25, 0.3) is 0 Å². The minimum Gasteiger partial charge on any atom is -0.387 e. The SMILES string of the molecule is N#C[C@@H](CN1CCN(c2ccccc2)CC1)[C@@H](O)c1ccc(-c2ccccc2)cc1. The van der Waals surface area contributed by atoms with E-state index in [0.717, 1.165) is 42.9 Å². The lowest BCUT2D eigenvalue weighted by atomic mass is 9.94. The van der Waals surface area contributed by atoms with Gasteiger partial charge in [0, 0.05) is 38.4 Å². The monoisotopic (exact) mass is 397 g/mol. The maximum absolute atomic E-state index is 10.8. The number of hydrogen-bond donors (Lipinski definition) is 1. The fraction of sp³-hybridized carbons (Fsp3) is 0.269. The third kappa shape index (κ3) is 4.71. The second-order valence-electron chi connectivity index (χ2n) is 7.79. The Morgan fingerprint density at radius 2 is 1.33 bits per heavy atom. The molecule has 0 aromatic heterocycles. The summed E-state index contributed by atoms with van der Waals surface area (Å²) in [5, 5.41) is 20.5. The molecule has 0 spiro atoms. The summed E-state index contributed by atoms with van der Waals surface area (Å²) < 4.78 is 0. The van der Waals surface area contributed by atoms with E-state index in [-0.39, 0.29) is 0 Å². The fourth-order valence-corrected chi connectivity index (χ4v) is 4.05. The Morgan fingerprint density at radius 1 is 0.767 bits per heavy atom. The molecule has 1 saturated heterocycles. The predicted molar refractivity (Wildman–Crippen MR) is 121 cm³/mol. The zero-order valence-electron chi connectivity index (χ0n) is 17.1. The Balaban J connectivity index is 1.35. The van der Waals surface area contributed by atoms with Gasteiger partial charge in [-0.1, -0.05) is 72.8 Å². The van der Waals surface area contributed by atoms with Gasteiger partial charge < -0.3 is 10.0 Å². The number of piperazine rings is 1. The van der Waals surface area contributed by atoms with Crippen LogP contribution in [-0.2, 0) is 0 Å². The zero-order valence-corrected chi connectivity index (χ0v) is 17.1. The van der Waals surface area contributed by atoms with E-state index in [4.69, 9.17) is 0 Å². The molecule has 152 valence electrons. The highest BCUT2D eigenvalue weighted by molar-refractivity contribution is 5.63. The molecule has 0 unspecified atom stereocenters. The summed E-state index contributed by atoms with van der Waals surface area (Å²) in [7, 11) is 0. The number of aliphatic hydroxyl groups is 1. The quantitative estimate of drug-likeness (QED) is 0.672. The summed E-state index contributed by atoms with van der Waals surface area (Å²) in [5.74, 6) is -0.448. The van der Waals surface area contributed by atoms with Gasteiger partial charge in [-0.25, -0.2) is 0 Å². The lowest BCUT2D eigenvalue weighted by Gasteiger charge is -2.37. The zero-order chi connectivity index (χ0) is 20.8. The summed E-state index contributed by atoms with van der Waals surface area (Å²) >= 11 is 0. The molecule has 0 radical (unpaired) electrons. The molecule has 1 aliphatic heterocycles. The van der Waals surface area contributed by atoms with Crippen LogP contribution in [0.4, 0.5) is 5.69 Å². The van der Waals surface area contributed by atoms with Gasteiger partial charge in [-0.15, -0.1) is 0 Å². The standard InChI is InChI=1S/C26H27N3O/c27-19-24(20-28-15-17-29(18-16-28)25-9-5-2-6-10-25)26(30)23-13-11-22(12-14-23)21-7-3-1-4-8-21/h1-14,24,26,30H,15-18,20H2/t24-,26-/m0/s1. The van der Waals surface area contributed by atoms with Crippen LogP contribution < -0.4 is 4.90 Å². The maximum Gasteiger partial charge on any atom is 0.0960 e. The van der Waals surface area contributed by atoms with Gasteiger partial charge >= 0.3 is 0 Å². The number of anilines is 1. The van der Waals surface area contributed by atoms with Crippen molar-refractivity contribution in [2.75, 3.05) is 37.6 Å². The van der Waals surface area contributed by atoms with Gasteiger partial charge in [0.05, 0.1) is 18.1 Å². The van der Waals surface area contributed by atoms with Crippen LogP contribution in [0, 0.1) is 17.2 Å². The molecule has 0 aliphatic carbocycles. The highest BCUT2D eigenvalue weighted by Crippen LogP contribution is 2.27. The first-order valence-electron chi connectivity index (χ1n) is 10.5. The van der Waals surface area contributed by atoms with Crippen molar-refractivity contribution in [3.05, 3.63) is 90.5 Å². The number of hydrogen-bond acceptors (Lipinski definition) is 4. The Labute approximate surface area is 178 Å². The van der Waals surface area contributed by atoms with Gasteiger partial charge in [0.15, 0.2) is 0 Å². The minimum absolute atomic E-state index is 0.448.